The van der Waals surface area contributed by atoms with Gasteiger partial charge in [0.25, 0.3) is 0 Å². The van der Waals surface area contributed by atoms with Crippen LogP contribution in [0.15, 0.2) is 261 Å². The molecular formula is C54H43NSi2. The Bertz CT molecular complexity index is 2450. The van der Waals surface area contributed by atoms with E-state index in [9.17, 15) is 0 Å². The Hall–Kier alpha value is -6.79. The Kier molecular flexibility index (Phi) is 10.2. The van der Waals surface area contributed by atoms with Gasteiger partial charge in [-0.3, -0.25) is 0 Å². The van der Waals surface area contributed by atoms with E-state index in [2.05, 4.69) is 266 Å². The van der Waals surface area contributed by atoms with Gasteiger partial charge in [0.2, 0.25) is 0 Å². The first-order valence-corrected chi connectivity index (χ1v) is 24.7. The van der Waals surface area contributed by atoms with Crippen LogP contribution in [0.5, 0.6) is 0 Å². The second-order valence-electron chi connectivity index (χ2n) is 14.5. The summed E-state index contributed by atoms with van der Waals surface area (Å²) in [5.74, 6) is 0. The molecule has 0 aliphatic carbocycles. The van der Waals surface area contributed by atoms with E-state index in [4.69, 9.17) is 0 Å². The minimum absolute atomic E-state index is 1.12. The molecule has 0 saturated heterocycles. The first-order valence-electron chi connectivity index (χ1n) is 19.7. The standard InChI is InChI=1S/C54H43NSi2/c1-8-22-46(23-9-1)55(47-24-10-2-11-25-47)48-40-36-44(37-41-48)45-38-42-54(43-39-45)57(52-32-18-6-19-33-52,53-34-20-7-21-35-53)56(49-26-12-3-13-27-49,50-28-14-4-15-29-50)51-30-16-5-17-31-51/h1-43H. The van der Waals surface area contributed by atoms with Crippen LogP contribution in [0.3, 0.4) is 0 Å². The monoisotopic (exact) mass is 761 g/mol. The molecule has 0 heterocycles. The van der Waals surface area contributed by atoms with E-state index in [1.54, 1.807) is 0 Å². The molecule has 0 N–H and O–H groups in total. The van der Waals surface area contributed by atoms with Gasteiger partial charge in [-0.15, -0.1) is 0 Å². The molecule has 0 bridgehead atoms. The van der Waals surface area contributed by atoms with Crippen molar-refractivity contribution >= 4 is 63.4 Å². The van der Waals surface area contributed by atoms with E-state index in [0.29, 0.717) is 0 Å². The third kappa shape index (κ3) is 6.47. The van der Waals surface area contributed by atoms with Crippen LogP contribution in [0.1, 0.15) is 0 Å². The molecular weight excluding hydrogens is 719 g/mol. The van der Waals surface area contributed by atoms with Crippen molar-refractivity contribution in [2.45, 2.75) is 0 Å². The molecule has 0 radical (unpaired) electrons. The van der Waals surface area contributed by atoms with Crippen molar-refractivity contribution in [3.8, 4) is 11.1 Å². The number of para-hydroxylation sites is 2. The van der Waals surface area contributed by atoms with Gasteiger partial charge in [-0.05, 0) is 47.5 Å². The molecule has 0 aliphatic rings. The van der Waals surface area contributed by atoms with E-state index < -0.39 is 15.2 Å². The van der Waals surface area contributed by atoms with Crippen molar-refractivity contribution in [2.24, 2.45) is 0 Å². The normalized spacial score (nSPS) is 11.5. The predicted molar refractivity (Wildman–Crippen MR) is 248 cm³/mol. The fraction of sp³-hybridized carbons (Fsp3) is 0. The van der Waals surface area contributed by atoms with E-state index >= 15 is 0 Å². The Labute approximate surface area is 338 Å². The fourth-order valence-electron chi connectivity index (χ4n) is 9.06. The van der Waals surface area contributed by atoms with Crippen molar-refractivity contribution in [1.82, 2.24) is 0 Å². The predicted octanol–water partition coefficient (Wildman–Crippen LogP) is 9.54. The highest BCUT2D eigenvalue weighted by atomic mass is 29.3. The second-order valence-corrected chi connectivity index (χ2v) is 25.4. The van der Waals surface area contributed by atoms with E-state index in [1.165, 1.54) is 42.2 Å². The second kappa shape index (κ2) is 16.1. The van der Waals surface area contributed by atoms with E-state index in [0.717, 1.165) is 17.1 Å². The summed E-state index contributed by atoms with van der Waals surface area (Å²) >= 11 is 0. The highest BCUT2D eigenvalue weighted by molar-refractivity contribution is 7.67. The zero-order chi connectivity index (χ0) is 38.3. The van der Waals surface area contributed by atoms with Crippen LogP contribution in [-0.2, 0) is 0 Å². The summed E-state index contributed by atoms with van der Waals surface area (Å²) in [7, 11) is -5.99. The lowest BCUT2D eigenvalue weighted by atomic mass is 10.0. The highest BCUT2D eigenvalue weighted by Crippen LogP contribution is 2.35. The number of benzene rings is 9. The molecule has 0 fully saturated rings. The maximum Gasteiger partial charge on any atom is 0.154 e. The van der Waals surface area contributed by atoms with Gasteiger partial charge in [0, 0.05) is 17.1 Å². The summed E-state index contributed by atoms with van der Waals surface area (Å²) in [5.41, 5.74) is 5.78. The van der Waals surface area contributed by atoms with Crippen LogP contribution in [0.2, 0.25) is 0 Å². The minimum Gasteiger partial charge on any atom is -0.311 e. The summed E-state index contributed by atoms with van der Waals surface area (Å²) < 4.78 is 0. The minimum atomic E-state index is -3.02. The highest BCUT2D eigenvalue weighted by Gasteiger charge is 2.61. The molecule has 3 heteroatoms. The van der Waals surface area contributed by atoms with Crippen LogP contribution < -0.4 is 36.0 Å². The maximum atomic E-state index is 2.46. The number of rotatable bonds is 11. The summed E-state index contributed by atoms with van der Waals surface area (Å²) in [6.45, 7) is 0. The summed E-state index contributed by atoms with van der Waals surface area (Å²) in [4.78, 5) is 2.31. The summed E-state index contributed by atoms with van der Waals surface area (Å²) in [5, 5.41) is 8.49. The van der Waals surface area contributed by atoms with E-state index in [1.807, 2.05) is 0 Å². The van der Waals surface area contributed by atoms with Gasteiger partial charge in [-0.1, -0.05) is 256 Å². The summed E-state index contributed by atoms with van der Waals surface area (Å²) in [6, 6.07) is 97.1. The van der Waals surface area contributed by atoms with Crippen LogP contribution in [-0.4, -0.2) is 15.2 Å². The average molecular weight is 762 g/mol. The van der Waals surface area contributed by atoms with Crippen molar-refractivity contribution in [2.75, 3.05) is 4.90 Å². The number of hydrogen-bond acceptors (Lipinski definition) is 1. The summed E-state index contributed by atoms with van der Waals surface area (Å²) in [6.07, 6.45) is 0. The molecule has 9 aromatic carbocycles. The molecule has 272 valence electrons. The first-order chi connectivity index (χ1) is 28.3. The molecule has 9 aromatic rings. The Morgan fingerprint density at radius 1 is 0.193 bits per heavy atom. The van der Waals surface area contributed by atoms with E-state index in [-0.39, 0.29) is 0 Å². The molecule has 0 aromatic heterocycles. The molecule has 9 rings (SSSR count). The zero-order valence-corrected chi connectivity index (χ0v) is 33.8. The van der Waals surface area contributed by atoms with Gasteiger partial charge in [0.1, 0.15) is 0 Å². The third-order valence-corrected chi connectivity index (χ3v) is 28.3. The number of nitrogens with zero attached hydrogens (tertiary/aromatic N) is 1. The van der Waals surface area contributed by atoms with Gasteiger partial charge in [-0.25, -0.2) is 0 Å². The Morgan fingerprint density at radius 3 is 0.684 bits per heavy atom. The molecule has 0 spiro atoms. The number of hydrogen-bond donors (Lipinski definition) is 0. The smallest absolute Gasteiger partial charge is 0.154 e. The van der Waals surface area contributed by atoms with Gasteiger partial charge < -0.3 is 4.90 Å². The van der Waals surface area contributed by atoms with Crippen LogP contribution in [0.4, 0.5) is 17.1 Å². The van der Waals surface area contributed by atoms with Crippen molar-refractivity contribution in [3.63, 3.8) is 0 Å². The van der Waals surface area contributed by atoms with Gasteiger partial charge >= 0.3 is 0 Å². The van der Waals surface area contributed by atoms with Crippen molar-refractivity contribution in [1.29, 1.82) is 0 Å². The van der Waals surface area contributed by atoms with Gasteiger partial charge in [-0.2, -0.15) is 0 Å². The maximum absolute atomic E-state index is 3.02. The molecule has 0 amide bonds. The lowest BCUT2D eigenvalue weighted by Gasteiger charge is -2.50. The van der Waals surface area contributed by atoms with Crippen molar-refractivity contribution < 1.29 is 0 Å². The van der Waals surface area contributed by atoms with Crippen LogP contribution in [0.25, 0.3) is 11.1 Å². The molecule has 1 nitrogen and oxygen atoms in total. The fourth-order valence-corrected chi connectivity index (χ4v) is 28.6. The topological polar surface area (TPSA) is 3.24 Å². The van der Waals surface area contributed by atoms with Crippen LogP contribution in [0, 0.1) is 0 Å². The van der Waals surface area contributed by atoms with Gasteiger partial charge in [0.05, 0.1) is 0 Å². The van der Waals surface area contributed by atoms with Crippen molar-refractivity contribution in [3.05, 3.63) is 261 Å². The van der Waals surface area contributed by atoms with Crippen LogP contribution >= 0.6 is 0 Å². The number of anilines is 3. The molecule has 57 heavy (non-hydrogen) atoms. The lowest BCUT2D eigenvalue weighted by molar-refractivity contribution is 1.28. The molecule has 0 atom stereocenters. The van der Waals surface area contributed by atoms with Gasteiger partial charge in [0.15, 0.2) is 15.2 Å². The molecule has 0 unspecified atom stereocenters. The zero-order valence-electron chi connectivity index (χ0n) is 31.8. The molecule has 0 aliphatic heterocycles. The SMILES string of the molecule is c1ccc(N(c2ccccc2)c2ccc(-c3ccc([Si](c4ccccc4)(c4ccccc4)[Si](c4ccccc4)(c4ccccc4)c4ccccc4)cc3)cc2)cc1. The Balaban J connectivity index is 1.27. The third-order valence-electron chi connectivity index (χ3n) is 11.4. The Morgan fingerprint density at radius 2 is 0.404 bits per heavy atom. The first kappa shape index (κ1) is 35.9. The molecule has 0 saturated carbocycles. The quantitative estimate of drug-likeness (QED) is 0.0938. The lowest BCUT2D eigenvalue weighted by Crippen LogP contribution is -2.94. The largest absolute Gasteiger partial charge is 0.311 e. The average Bonchev–Trinajstić information content (AvgIpc) is 3.31.